The lowest BCUT2D eigenvalue weighted by Crippen LogP contribution is -2.90. The number of aromatic nitrogens is 1. The van der Waals surface area contributed by atoms with Crippen molar-refractivity contribution in [1.82, 2.24) is 4.57 Å². The first-order valence-corrected chi connectivity index (χ1v) is 19.6. The number of aliphatic imine (C=N–C) groups is 2. The molecule has 2 aliphatic rings. The van der Waals surface area contributed by atoms with Crippen LogP contribution in [0.25, 0.3) is 82.5 Å². The molecule has 0 radical (unpaired) electrons. The number of furan rings is 2. The van der Waals surface area contributed by atoms with Crippen LogP contribution in [0.2, 0.25) is 0 Å². The van der Waals surface area contributed by atoms with Crippen molar-refractivity contribution in [2.45, 2.75) is 19.0 Å². The Hall–Kier alpha value is -7.28. The molecule has 1 aliphatic carbocycles. The van der Waals surface area contributed by atoms with Gasteiger partial charge in [0, 0.05) is 38.1 Å². The van der Waals surface area contributed by atoms with E-state index in [0.29, 0.717) is 5.84 Å². The van der Waals surface area contributed by atoms with Crippen LogP contribution < -0.4 is 5.32 Å². The Morgan fingerprint density at radius 3 is 2.02 bits per heavy atom. The molecule has 0 spiro atoms. The lowest BCUT2D eigenvalue weighted by atomic mass is 10.00. The number of hydrogen-bond donors (Lipinski definition) is 1. The van der Waals surface area contributed by atoms with E-state index in [1.165, 1.54) is 21.8 Å². The van der Waals surface area contributed by atoms with Gasteiger partial charge in [-0.1, -0.05) is 109 Å². The SMILES string of the molecule is C1=CC(C2=NC(c3ccc4c(c3)oc3ccc(-c5ccc6oc7cccc(-n8c9ccccc9c9ccccc98)c7c6c5)cc34)=NC(c3ccccc3)[NH2+]2)=CCC1. The number of hydrogen-bond acceptors (Lipinski definition) is 4. The van der Waals surface area contributed by atoms with Gasteiger partial charge in [0.15, 0.2) is 5.84 Å². The molecule has 0 saturated carbocycles. The number of para-hydroxylation sites is 2. The van der Waals surface area contributed by atoms with Gasteiger partial charge in [-0.05, 0) is 84.6 Å². The van der Waals surface area contributed by atoms with Crippen molar-refractivity contribution in [3.05, 3.63) is 187 Å². The highest BCUT2D eigenvalue weighted by molar-refractivity contribution is 6.16. The fourth-order valence-corrected chi connectivity index (χ4v) is 8.87. The van der Waals surface area contributed by atoms with Gasteiger partial charge < -0.3 is 13.4 Å². The summed E-state index contributed by atoms with van der Waals surface area (Å²) in [6.45, 7) is 0. The van der Waals surface area contributed by atoms with E-state index in [9.17, 15) is 0 Å². The minimum atomic E-state index is -0.124. The summed E-state index contributed by atoms with van der Waals surface area (Å²) in [5.41, 5.74) is 12.3. The first-order valence-electron chi connectivity index (χ1n) is 19.6. The molecule has 6 nitrogen and oxygen atoms in total. The van der Waals surface area contributed by atoms with E-state index >= 15 is 0 Å². The van der Waals surface area contributed by atoms with Crippen molar-refractivity contribution in [3.8, 4) is 16.8 Å². The molecule has 3 aromatic heterocycles. The molecule has 6 heteroatoms. The van der Waals surface area contributed by atoms with Crippen LogP contribution in [0.4, 0.5) is 0 Å². The molecule has 1 atom stereocenters. The average molecular weight is 736 g/mol. The molecule has 1 unspecified atom stereocenters. The number of benzene rings is 7. The molecule has 1 aliphatic heterocycles. The number of allylic oxidation sites excluding steroid dienone is 2. The highest BCUT2D eigenvalue weighted by Gasteiger charge is 2.27. The normalized spacial score (nSPS) is 15.9. The first kappa shape index (κ1) is 32.0. The molecule has 57 heavy (non-hydrogen) atoms. The maximum absolute atomic E-state index is 6.52. The summed E-state index contributed by atoms with van der Waals surface area (Å²) in [4.78, 5) is 10.2. The van der Waals surface area contributed by atoms with Crippen molar-refractivity contribution in [3.63, 3.8) is 0 Å². The Kier molecular flexibility index (Phi) is 7.09. The summed E-state index contributed by atoms with van der Waals surface area (Å²) in [7, 11) is 0. The Morgan fingerprint density at radius 2 is 1.25 bits per heavy atom. The largest absolute Gasteiger partial charge is 0.456 e. The number of fused-ring (bicyclic) bond motifs is 9. The van der Waals surface area contributed by atoms with Crippen LogP contribution >= 0.6 is 0 Å². The van der Waals surface area contributed by atoms with Crippen LogP contribution in [0.5, 0.6) is 0 Å². The molecule has 12 rings (SSSR count). The van der Waals surface area contributed by atoms with E-state index in [-0.39, 0.29) is 6.17 Å². The highest BCUT2D eigenvalue weighted by atomic mass is 16.3. The van der Waals surface area contributed by atoms with Crippen LogP contribution in [0.3, 0.4) is 0 Å². The summed E-state index contributed by atoms with van der Waals surface area (Å²) in [5, 5.41) is 8.96. The zero-order chi connectivity index (χ0) is 37.5. The fraction of sp³-hybridized carbons (Fsp3) is 0.0588. The zero-order valence-electron chi connectivity index (χ0n) is 30.9. The number of nitrogens with zero attached hydrogens (tertiary/aromatic N) is 3. The molecule has 0 fully saturated rings. The predicted octanol–water partition coefficient (Wildman–Crippen LogP) is 11.9. The number of nitrogens with two attached hydrogens (primary N) is 1. The van der Waals surface area contributed by atoms with Gasteiger partial charge in [-0.2, -0.15) is 4.99 Å². The lowest BCUT2D eigenvalue weighted by molar-refractivity contribution is -0.586. The summed E-state index contributed by atoms with van der Waals surface area (Å²) in [6, 6.07) is 53.5. The monoisotopic (exact) mass is 735 g/mol. The lowest BCUT2D eigenvalue weighted by Gasteiger charge is -2.20. The van der Waals surface area contributed by atoms with Gasteiger partial charge in [-0.25, -0.2) is 4.99 Å². The highest BCUT2D eigenvalue weighted by Crippen LogP contribution is 2.41. The fourth-order valence-electron chi connectivity index (χ4n) is 8.87. The minimum absolute atomic E-state index is 0.124. The van der Waals surface area contributed by atoms with Crippen LogP contribution in [-0.4, -0.2) is 16.2 Å². The van der Waals surface area contributed by atoms with E-state index in [1.807, 2.05) is 6.07 Å². The second kappa shape index (κ2) is 12.6. The molecule has 0 bridgehead atoms. The molecule has 0 saturated heterocycles. The third-order valence-corrected chi connectivity index (χ3v) is 11.6. The van der Waals surface area contributed by atoms with E-state index < -0.39 is 0 Å². The molecule has 10 aromatic rings. The van der Waals surface area contributed by atoms with Gasteiger partial charge in [0.2, 0.25) is 12.0 Å². The number of amidine groups is 2. The molecule has 0 amide bonds. The van der Waals surface area contributed by atoms with Crippen LogP contribution in [-0.2, 0) is 0 Å². The summed E-state index contributed by atoms with van der Waals surface area (Å²) in [6.07, 6.45) is 8.64. The maximum atomic E-state index is 6.52. The molecular formula is C51H35N4O2+. The maximum Gasteiger partial charge on any atom is 0.235 e. The summed E-state index contributed by atoms with van der Waals surface area (Å²) < 4.78 is 15.4. The minimum Gasteiger partial charge on any atom is -0.456 e. The van der Waals surface area contributed by atoms with Crippen molar-refractivity contribution in [2.24, 2.45) is 9.98 Å². The number of rotatable bonds is 5. The van der Waals surface area contributed by atoms with Gasteiger partial charge in [-0.15, -0.1) is 0 Å². The van der Waals surface area contributed by atoms with Crippen molar-refractivity contribution < 1.29 is 14.2 Å². The Labute approximate surface area is 327 Å². The van der Waals surface area contributed by atoms with Gasteiger partial charge in [0.1, 0.15) is 22.3 Å². The quantitative estimate of drug-likeness (QED) is 0.191. The van der Waals surface area contributed by atoms with Gasteiger partial charge in [0.25, 0.3) is 0 Å². The van der Waals surface area contributed by atoms with Crippen molar-refractivity contribution >= 4 is 77.4 Å². The van der Waals surface area contributed by atoms with Gasteiger partial charge in [-0.3, -0.25) is 5.32 Å². The van der Waals surface area contributed by atoms with Crippen LogP contribution in [0, 0.1) is 0 Å². The standard InChI is InChI=1S/C51H34N4O2/c1-3-12-31(13-4-1)49-52-50(32-14-5-2-6-15-32)54-51(53-49)35-22-25-38-39-28-33(23-26-44(39)57-47(38)30-35)34-24-27-45-40(29-34)48-43(20-11-21-46(48)56-45)55-41-18-9-7-16-36(41)37-17-8-10-19-42(37)55/h1,3-5,7-30,49H,2,6H2,(H,52,53,54)/p+1. The van der Waals surface area contributed by atoms with E-state index in [1.54, 1.807) is 0 Å². The predicted molar refractivity (Wildman–Crippen MR) is 232 cm³/mol. The third-order valence-electron chi connectivity index (χ3n) is 11.6. The second-order valence-corrected chi connectivity index (χ2v) is 15.0. The first-order chi connectivity index (χ1) is 28.2. The Balaban J connectivity index is 0.960. The zero-order valence-corrected chi connectivity index (χ0v) is 30.9. The molecule has 270 valence electrons. The van der Waals surface area contributed by atoms with E-state index in [2.05, 4.69) is 174 Å². The molecule has 7 aromatic carbocycles. The summed E-state index contributed by atoms with van der Waals surface area (Å²) >= 11 is 0. The van der Waals surface area contributed by atoms with E-state index in [4.69, 9.17) is 18.8 Å². The summed E-state index contributed by atoms with van der Waals surface area (Å²) in [5.74, 6) is 1.67. The van der Waals surface area contributed by atoms with Crippen LogP contribution in [0.1, 0.15) is 30.1 Å². The molecular weight excluding hydrogens is 701 g/mol. The van der Waals surface area contributed by atoms with Crippen molar-refractivity contribution in [1.29, 1.82) is 0 Å². The Morgan fingerprint density at radius 1 is 0.544 bits per heavy atom. The number of quaternary nitrogens is 1. The third kappa shape index (κ3) is 5.15. The Bertz CT molecular complexity index is 3340. The molecule has 4 heterocycles. The van der Waals surface area contributed by atoms with Crippen molar-refractivity contribution in [2.75, 3.05) is 0 Å². The van der Waals surface area contributed by atoms with Gasteiger partial charge >= 0.3 is 0 Å². The van der Waals surface area contributed by atoms with Gasteiger partial charge in [0.05, 0.1) is 27.7 Å². The second-order valence-electron chi connectivity index (χ2n) is 15.0. The smallest absolute Gasteiger partial charge is 0.235 e. The molecule has 2 N–H and O–H groups in total. The van der Waals surface area contributed by atoms with Crippen LogP contribution in [0.15, 0.2) is 194 Å². The topological polar surface area (TPSA) is 72.5 Å². The average Bonchev–Trinajstić information content (AvgIpc) is 3.95. The van der Waals surface area contributed by atoms with E-state index in [0.717, 1.165) is 96.1 Å².